The molecule has 0 bridgehead atoms. The van der Waals surface area contributed by atoms with E-state index in [4.69, 9.17) is 15.5 Å². The molecule has 3 heterocycles. The van der Waals surface area contributed by atoms with Crippen LogP contribution in [-0.2, 0) is 4.74 Å². The second-order valence-corrected chi connectivity index (χ2v) is 6.80. The fraction of sp³-hybridized carbons (Fsp3) is 0.286. The third-order valence-corrected chi connectivity index (χ3v) is 4.81. The molecule has 0 atom stereocenters. The highest BCUT2D eigenvalue weighted by molar-refractivity contribution is 5.97. The number of anilines is 1. The third kappa shape index (κ3) is 4.07. The molecule has 4 rings (SSSR count). The Labute approximate surface area is 168 Å². The average Bonchev–Trinajstić information content (AvgIpc) is 3.04. The van der Waals surface area contributed by atoms with E-state index in [0.29, 0.717) is 48.9 Å². The quantitative estimate of drug-likeness (QED) is 0.687. The van der Waals surface area contributed by atoms with Gasteiger partial charge < -0.3 is 15.4 Å². The number of aliphatic imine (C=N–C) groups is 1. The smallest absolute Gasteiger partial charge is 0.254 e. The van der Waals surface area contributed by atoms with Gasteiger partial charge in [-0.15, -0.1) is 0 Å². The molecular formula is C21H22N6O2. The molecule has 1 amide bonds. The molecule has 0 radical (unpaired) electrons. The van der Waals surface area contributed by atoms with Crippen LogP contribution in [0.15, 0.2) is 41.7 Å². The van der Waals surface area contributed by atoms with E-state index in [9.17, 15) is 4.79 Å². The lowest BCUT2D eigenvalue weighted by molar-refractivity contribution is 0.0741. The summed E-state index contributed by atoms with van der Waals surface area (Å²) in [5.74, 6) is 0.391. The summed E-state index contributed by atoms with van der Waals surface area (Å²) in [7, 11) is 1.68. The third-order valence-electron chi connectivity index (χ3n) is 4.81. The van der Waals surface area contributed by atoms with E-state index in [-0.39, 0.29) is 5.91 Å². The number of hydrogen-bond acceptors (Lipinski definition) is 7. The number of carbonyl (C=O) groups excluding carboxylic acids is 1. The molecule has 0 spiro atoms. The summed E-state index contributed by atoms with van der Waals surface area (Å²) in [5.41, 5.74) is 10.0. The fourth-order valence-corrected chi connectivity index (χ4v) is 3.29. The Hall–Kier alpha value is -3.39. The zero-order valence-electron chi connectivity index (χ0n) is 16.2. The van der Waals surface area contributed by atoms with Crippen LogP contribution in [-0.4, -0.2) is 65.3 Å². The maximum Gasteiger partial charge on any atom is 0.254 e. The van der Waals surface area contributed by atoms with Crippen molar-refractivity contribution in [3.8, 4) is 11.3 Å². The molecule has 0 saturated carbocycles. The maximum atomic E-state index is 12.9. The number of hydrogen-bond donors (Lipinski definition) is 1. The topological polar surface area (TPSA) is 107 Å². The van der Waals surface area contributed by atoms with Crippen molar-refractivity contribution in [1.82, 2.24) is 19.9 Å². The average molecular weight is 390 g/mol. The highest BCUT2D eigenvalue weighted by atomic mass is 16.5. The van der Waals surface area contributed by atoms with Gasteiger partial charge in [-0.05, 0) is 30.7 Å². The number of aromatic nitrogens is 3. The van der Waals surface area contributed by atoms with Crippen molar-refractivity contribution in [3.05, 3.63) is 47.8 Å². The van der Waals surface area contributed by atoms with Gasteiger partial charge in [-0.1, -0.05) is 0 Å². The summed E-state index contributed by atoms with van der Waals surface area (Å²) in [4.78, 5) is 32.1. The number of benzene rings is 1. The Balaban J connectivity index is 1.68. The number of rotatable bonds is 3. The first-order chi connectivity index (χ1) is 14.2. The van der Waals surface area contributed by atoms with Crippen LogP contribution in [0.1, 0.15) is 22.3 Å². The molecule has 1 aliphatic heterocycles. The molecule has 2 aromatic heterocycles. The molecular weight excluding hydrogens is 368 g/mol. The van der Waals surface area contributed by atoms with E-state index >= 15 is 0 Å². The van der Waals surface area contributed by atoms with Crippen molar-refractivity contribution in [2.24, 2.45) is 4.99 Å². The summed E-state index contributed by atoms with van der Waals surface area (Å²) in [6.45, 7) is 2.55. The molecule has 8 nitrogen and oxygen atoms in total. The Morgan fingerprint density at radius 2 is 2.07 bits per heavy atom. The minimum absolute atomic E-state index is 0.0137. The first-order valence-corrected chi connectivity index (χ1v) is 9.47. The summed E-state index contributed by atoms with van der Waals surface area (Å²) in [6.07, 6.45) is 5.85. The summed E-state index contributed by atoms with van der Waals surface area (Å²) < 4.78 is 5.44. The number of nitrogen functional groups attached to an aromatic ring is 1. The van der Waals surface area contributed by atoms with Gasteiger partial charge in [0.15, 0.2) is 0 Å². The molecule has 3 aromatic rings. The van der Waals surface area contributed by atoms with E-state index in [1.807, 2.05) is 17.0 Å². The van der Waals surface area contributed by atoms with Crippen LogP contribution in [0, 0.1) is 0 Å². The fourth-order valence-electron chi connectivity index (χ4n) is 3.29. The molecule has 1 saturated heterocycles. The van der Waals surface area contributed by atoms with Gasteiger partial charge in [0.2, 0.25) is 0 Å². The van der Waals surface area contributed by atoms with Crippen LogP contribution >= 0.6 is 0 Å². The number of carbonyl (C=O) groups is 1. The van der Waals surface area contributed by atoms with Crippen molar-refractivity contribution in [1.29, 1.82) is 0 Å². The lowest BCUT2D eigenvalue weighted by Gasteiger charge is -2.19. The SMILES string of the molecule is CN=Cc1cc(-c2cnc3ccc(C(=O)N4CCCOCC4)cc3n2)cnc1N. The summed E-state index contributed by atoms with van der Waals surface area (Å²) >= 11 is 0. The van der Waals surface area contributed by atoms with Crippen molar-refractivity contribution in [3.63, 3.8) is 0 Å². The molecule has 0 aliphatic carbocycles. The number of fused-ring (bicyclic) bond motifs is 1. The van der Waals surface area contributed by atoms with Crippen molar-refractivity contribution in [2.45, 2.75) is 6.42 Å². The number of nitrogens with zero attached hydrogens (tertiary/aromatic N) is 5. The minimum Gasteiger partial charge on any atom is -0.383 e. The van der Waals surface area contributed by atoms with Gasteiger partial charge in [-0.3, -0.25) is 14.8 Å². The van der Waals surface area contributed by atoms with Crippen LogP contribution in [0.4, 0.5) is 5.82 Å². The number of ether oxygens (including phenoxy) is 1. The first kappa shape index (κ1) is 18.9. The molecule has 8 heteroatoms. The number of amides is 1. The van der Waals surface area contributed by atoms with E-state index in [1.165, 1.54) is 0 Å². The highest BCUT2D eigenvalue weighted by Crippen LogP contribution is 2.22. The minimum atomic E-state index is -0.0137. The van der Waals surface area contributed by atoms with Crippen molar-refractivity contribution >= 4 is 29.0 Å². The predicted molar refractivity (Wildman–Crippen MR) is 112 cm³/mol. The van der Waals surface area contributed by atoms with Gasteiger partial charge in [0.25, 0.3) is 5.91 Å². The van der Waals surface area contributed by atoms with Crippen LogP contribution in [0.5, 0.6) is 0 Å². The van der Waals surface area contributed by atoms with E-state index in [2.05, 4.69) is 15.0 Å². The zero-order chi connectivity index (χ0) is 20.2. The van der Waals surface area contributed by atoms with E-state index in [0.717, 1.165) is 23.1 Å². The molecule has 1 fully saturated rings. The van der Waals surface area contributed by atoms with Crippen molar-refractivity contribution in [2.75, 3.05) is 39.1 Å². The van der Waals surface area contributed by atoms with Gasteiger partial charge in [0.1, 0.15) is 5.82 Å². The number of pyridine rings is 1. The Kier molecular flexibility index (Phi) is 5.44. The van der Waals surface area contributed by atoms with Gasteiger partial charge >= 0.3 is 0 Å². The maximum absolute atomic E-state index is 12.9. The Bertz CT molecular complexity index is 1070. The van der Waals surface area contributed by atoms with Crippen LogP contribution < -0.4 is 5.73 Å². The normalized spacial score (nSPS) is 15.0. The van der Waals surface area contributed by atoms with E-state index in [1.54, 1.807) is 37.8 Å². The van der Waals surface area contributed by atoms with Crippen LogP contribution in [0.2, 0.25) is 0 Å². The number of nitrogens with two attached hydrogens (primary N) is 1. The summed E-state index contributed by atoms with van der Waals surface area (Å²) in [5, 5.41) is 0. The molecule has 148 valence electrons. The monoisotopic (exact) mass is 390 g/mol. The van der Waals surface area contributed by atoms with Gasteiger partial charge in [0.05, 0.1) is 29.5 Å². The lowest BCUT2D eigenvalue weighted by atomic mass is 10.1. The molecule has 2 N–H and O–H groups in total. The predicted octanol–water partition coefficient (Wildman–Crippen LogP) is 2.19. The largest absolute Gasteiger partial charge is 0.383 e. The Morgan fingerprint density at radius 3 is 2.93 bits per heavy atom. The standard InChI is InChI=1S/C21H22N6O2/c1-23-11-16-9-15(12-25-20(16)22)19-13-24-17-4-3-14(10-18(17)26-19)21(28)27-5-2-7-29-8-6-27/h3-4,9-13H,2,5-8H2,1H3,(H2,22,25). The molecule has 1 aliphatic rings. The summed E-state index contributed by atoms with van der Waals surface area (Å²) in [6, 6.07) is 7.28. The second-order valence-electron chi connectivity index (χ2n) is 6.80. The Morgan fingerprint density at radius 1 is 1.17 bits per heavy atom. The van der Waals surface area contributed by atoms with E-state index < -0.39 is 0 Å². The van der Waals surface area contributed by atoms with Gasteiger partial charge in [-0.2, -0.15) is 0 Å². The first-order valence-electron chi connectivity index (χ1n) is 9.47. The molecule has 0 unspecified atom stereocenters. The second kappa shape index (κ2) is 8.32. The van der Waals surface area contributed by atoms with Crippen LogP contribution in [0.25, 0.3) is 22.3 Å². The van der Waals surface area contributed by atoms with Crippen LogP contribution in [0.3, 0.4) is 0 Å². The zero-order valence-corrected chi connectivity index (χ0v) is 16.2. The van der Waals surface area contributed by atoms with Crippen molar-refractivity contribution < 1.29 is 9.53 Å². The van der Waals surface area contributed by atoms with Gasteiger partial charge in [0, 0.05) is 55.8 Å². The molecule has 1 aromatic carbocycles. The lowest BCUT2D eigenvalue weighted by Crippen LogP contribution is -2.33. The highest BCUT2D eigenvalue weighted by Gasteiger charge is 2.18. The van der Waals surface area contributed by atoms with Gasteiger partial charge in [-0.25, -0.2) is 9.97 Å². The molecule has 29 heavy (non-hydrogen) atoms.